The molecule has 1 aliphatic heterocycles. The summed E-state index contributed by atoms with van der Waals surface area (Å²) in [6, 6.07) is 0. The first-order chi connectivity index (χ1) is 9.30. The second kappa shape index (κ2) is 6.86. The quantitative estimate of drug-likeness (QED) is 0.380. The topological polar surface area (TPSA) is 180 Å². The average Bonchev–Trinajstić information content (AvgIpc) is 2.48. The molecule has 0 aromatic rings. The van der Waals surface area contributed by atoms with E-state index in [4.69, 9.17) is 19.4 Å². The molecule has 0 amide bonds. The predicted octanol–water partition coefficient (Wildman–Crippen LogP) is -0.0211. The Balaban J connectivity index is 2.56. The van der Waals surface area contributed by atoms with Crippen molar-refractivity contribution in [2.75, 3.05) is 12.5 Å². The molecule has 0 saturated carbocycles. The van der Waals surface area contributed by atoms with Crippen LogP contribution in [0, 0.1) is 0 Å². The van der Waals surface area contributed by atoms with Gasteiger partial charge < -0.3 is 33.9 Å². The molecule has 0 radical (unpaired) electrons. The molecule has 1 heterocycles. The molecule has 0 aliphatic carbocycles. The van der Waals surface area contributed by atoms with Crippen molar-refractivity contribution in [3.8, 4) is 0 Å². The van der Waals surface area contributed by atoms with Gasteiger partial charge in [-0.1, -0.05) is 0 Å². The van der Waals surface area contributed by atoms with Gasteiger partial charge in [0.15, 0.2) is 5.90 Å². The smallest absolute Gasteiger partial charge is 0.390 e. The van der Waals surface area contributed by atoms with E-state index in [-0.39, 0.29) is 6.10 Å². The lowest BCUT2D eigenvalue weighted by Crippen LogP contribution is -2.26. The summed E-state index contributed by atoms with van der Waals surface area (Å²) in [4.78, 5) is 35.3. The summed E-state index contributed by atoms with van der Waals surface area (Å²) in [6.45, 7) is 1.16. The van der Waals surface area contributed by atoms with Crippen LogP contribution in [0.4, 0.5) is 0 Å². The summed E-state index contributed by atoms with van der Waals surface area (Å²) in [7, 11) is -15.0. The SMILES string of the molecule is C[C@H]1CC(O)[C@@H](COP(=O)(O)CP(=O)(O)OP(=O)(O)O)O1. The largest absolute Gasteiger partial charge is 0.476 e. The van der Waals surface area contributed by atoms with Crippen LogP contribution >= 0.6 is 23.0 Å². The molecule has 14 heteroatoms. The number of aliphatic hydroxyl groups excluding tert-OH is 1. The van der Waals surface area contributed by atoms with Gasteiger partial charge in [0.25, 0.3) is 0 Å². The molecule has 0 aromatic carbocycles. The third-order valence-electron chi connectivity index (χ3n) is 2.44. The number of hydrogen-bond acceptors (Lipinski definition) is 7. The Bertz CT molecular complexity index is 500. The second-order valence-electron chi connectivity index (χ2n) is 4.57. The molecule has 126 valence electrons. The van der Waals surface area contributed by atoms with Gasteiger partial charge in [0, 0.05) is 6.42 Å². The monoisotopic (exact) mass is 370 g/mol. The molecule has 1 fully saturated rings. The first kappa shape index (κ1) is 19.4. The molecule has 21 heavy (non-hydrogen) atoms. The zero-order chi connectivity index (χ0) is 16.5. The lowest BCUT2D eigenvalue weighted by molar-refractivity contribution is -0.0127. The van der Waals surface area contributed by atoms with Crippen LogP contribution in [-0.4, -0.2) is 55.5 Å². The van der Waals surface area contributed by atoms with Crippen LogP contribution in [0.3, 0.4) is 0 Å². The van der Waals surface area contributed by atoms with E-state index in [2.05, 4.69) is 8.83 Å². The highest BCUT2D eigenvalue weighted by Crippen LogP contribution is 2.64. The summed E-state index contributed by atoms with van der Waals surface area (Å²) in [5, 5.41) is 9.53. The third-order valence-corrected chi connectivity index (χ3v) is 7.73. The fraction of sp³-hybridized carbons (Fsp3) is 1.00. The number of ether oxygens (including phenoxy) is 1. The van der Waals surface area contributed by atoms with Crippen molar-refractivity contribution in [1.82, 2.24) is 0 Å². The van der Waals surface area contributed by atoms with E-state index >= 15 is 0 Å². The molecule has 1 saturated heterocycles. The van der Waals surface area contributed by atoms with Gasteiger partial charge in [-0.2, -0.15) is 0 Å². The Kier molecular flexibility index (Phi) is 6.35. The van der Waals surface area contributed by atoms with Gasteiger partial charge in [-0.15, -0.1) is 0 Å². The van der Waals surface area contributed by atoms with Gasteiger partial charge in [-0.05, 0) is 6.92 Å². The fourth-order valence-corrected chi connectivity index (χ4v) is 6.25. The summed E-state index contributed by atoms with van der Waals surface area (Å²) in [6.07, 6.45) is -1.74. The van der Waals surface area contributed by atoms with Crippen LogP contribution in [0.15, 0.2) is 0 Å². The summed E-state index contributed by atoms with van der Waals surface area (Å²) < 4.78 is 46.6. The molecule has 1 rings (SSSR count). The van der Waals surface area contributed by atoms with Crippen molar-refractivity contribution in [1.29, 1.82) is 0 Å². The zero-order valence-electron chi connectivity index (χ0n) is 10.9. The highest BCUT2D eigenvalue weighted by Gasteiger charge is 2.40. The summed E-state index contributed by atoms with van der Waals surface area (Å²) in [5.74, 6) is -1.50. The van der Waals surface area contributed by atoms with Crippen LogP contribution in [0.5, 0.6) is 0 Å². The van der Waals surface area contributed by atoms with Crippen LogP contribution in [0.1, 0.15) is 13.3 Å². The maximum atomic E-state index is 11.6. The van der Waals surface area contributed by atoms with Crippen LogP contribution in [0.2, 0.25) is 0 Å². The summed E-state index contributed by atoms with van der Waals surface area (Å²) in [5.41, 5.74) is 0. The lowest BCUT2D eigenvalue weighted by atomic mass is 10.1. The number of rotatable bonds is 7. The third kappa shape index (κ3) is 7.45. The van der Waals surface area contributed by atoms with Crippen LogP contribution in [-0.2, 0) is 27.3 Å². The number of hydrogen-bond donors (Lipinski definition) is 5. The normalized spacial score (nSPS) is 32.6. The van der Waals surface area contributed by atoms with E-state index in [1.807, 2.05) is 0 Å². The number of phosphoric acid groups is 1. The standard InChI is InChI=1S/C7H17O11P3/c1-5-2-6(8)7(17-5)3-16-19(9,10)4-20(11,12)18-21(13,14)15/h5-8H,2-4H2,1H3,(H,9,10)(H,11,12)(H2,13,14,15)/t5-,6?,7+/m0/s1. The molecule has 0 bridgehead atoms. The Hall–Kier alpha value is 0.370. The Morgan fingerprint density at radius 3 is 2.14 bits per heavy atom. The molecule has 3 unspecified atom stereocenters. The minimum atomic E-state index is -5.30. The Morgan fingerprint density at radius 1 is 1.14 bits per heavy atom. The minimum Gasteiger partial charge on any atom is -0.390 e. The molecule has 11 nitrogen and oxygen atoms in total. The van der Waals surface area contributed by atoms with Gasteiger partial charge >= 0.3 is 23.0 Å². The van der Waals surface area contributed by atoms with E-state index in [0.717, 1.165) is 0 Å². The lowest BCUT2D eigenvalue weighted by Gasteiger charge is -2.19. The minimum absolute atomic E-state index is 0.270. The predicted molar refractivity (Wildman–Crippen MR) is 68.6 cm³/mol. The van der Waals surface area contributed by atoms with Crippen molar-refractivity contribution in [2.24, 2.45) is 0 Å². The summed E-state index contributed by atoms with van der Waals surface area (Å²) >= 11 is 0. The van der Waals surface area contributed by atoms with E-state index in [0.29, 0.717) is 6.42 Å². The van der Waals surface area contributed by atoms with Gasteiger partial charge in [0.1, 0.15) is 6.10 Å². The van der Waals surface area contributed by atoms with E-state index < -0.39 is 47.7 Å². The Labute approximate surface area is 120 Å². The van der Waals surface area contributed by atoms with Crippen molar-refractivity contribution < 1.29 is 51.9 Å². The fourth-order valence-electron chi connectivity index (χ4n) is 1.74. The van der Waals surface area contributed by atoms with Crippen LogP contribution < -0.4 is 0 Å². The van der Waals surface area contributed by atoms with Gasteiger partial charge in [0.05, 0.1) is 18.8 Å². The van der Waals surface area contributed by atoms with Gasteiger partial charge in [-0.3, -0.25) is 9.13 Å². The first-order valence-electron chi connectivity index (χ1n) is 5.68. The maximum absolute atomic E-state index is 11.6. The molecule has 0 aromatic heterocycles. The van der Waals surface area contributed by atoms with Crippen molar-refractivity contribution >= 4 is 23.0 Å². The Morgan fingerprint density at radius 2 is 1.71 bits per heavy atom. The van der Waals surface area contributed by atoms with Crippen molar-refractivity contribution in [3.63, 3.8) is 0 Å². The number of aliphatic hydroxyl groups is 1. The highest BCUT2D eigenvalue weighted by atomic mass is 31.3. The van der Waals surface area contributed by atoms with Gasteiger partial charge in [-0.25, -0.2) is 8.88 Å². The second-order valence-corrected chi connectivity index (χ2v) is 10.1. The molecule has 0 spiro atoms. The first-order valence-corrected chi connectivity index (χ1v) is 10.7. The van der Waals surface area contributed by atoms with Crippen molar-refractivity contribution in [2.45, 2.75) is 31.7 Å². The molecule has 1 aliphatic rings. The zero-order valence-corrected chi connectivity index (χ0v) is 13.6. The van der Waals surface area contributed by atoms with Gasteiger partial charge in [0.2, 0.25) is 0 Å². The van der Waals surface area contributed by atoms with Crippen LogP contribution in [0.25, 0.3) is 0 Å². The van der Waals surface area contributed by atoms with E-state index in [1.54, 1.807) is 6.92 Å². The molecular weight excluding hydrogens is 353 g/mol. The highest BCUT2D eigenvalue weighted by molar-refractivity contribution is 7.74. The average molecular weight is 370 g/mol. The van der Waals surface area contributed by atoms with E-state index in [9.17, 15) is 23.7 Å². The van der Waals surface area contributed by atoms with Crippen molar-refractivity contribution in [3.05, 3.63) is 0 Å². The van der Waals surface area contributed by atoms with E-state index in [1.165, 1.54) is 0 Å². The maximum Gasteiger partial charge on any atom is 0.476 e. The molecular formula is C7H17O11P3. The molecule has 5 atom stereocenters. The molecule has 5 N–H and O–H groups in total.